The Balaban J connectivity index is 2.04. The van der Waals surface area contributed by atoms with Crippen molar-refractivity contribution in [2.45, 2.75) is 70.1 Å². The first-order valence-corrected chi connectivity index (χ1v) is 10.3. The Morgan fingerprint density at radius 1 is 1.07 bits per heavy atom. The van der Waals surface area contributed by atoms with Gasteiger partial charge in [0, 0.05) is 11.7 Å². The molecule has 0 spiro atoms. The Kier molecular flexibility index (Phi) is 6.24. The maximum Gasteiger partial charge on any atom is 0.247 e. The Hall–Kier alpha value is -1.43. The first-order chi connectivity index (χ1) is 12.9. The van der Waals surface area contributed by atoms with Crippen molar-refractivity contribution in [2.75, 3.05) is 32.1 Å². The summed E-state index contributed by atoms with van der Waals surface area (Å²) in [5, 5.41) is 13.4. The predicted octanol–water partition coefficient (Wildman–Crippen LogP) is 2.62. The highest BCUT2D eigenvalue weighted by atomic mass is 16.3. The van der Waals surface area contributed by atoms with E-state index in [2.05, 4.69) is 47.2 Å². The molecular formula is C22H35N3O2. The van der Waals surface area contributed by atoms with E-state index in [-0.39, 0.29) is 18.1 Å². The van der Waals surface area contributed by atoms with E-state index in [1.165, 1.54) is 0 Å². The highest BCUT2D eigenvalue weighted by Gasteiger charge is 2.46. The van der Waals surface area contributed by atoms with Crippen molar-refractivity contribution in [3.63, 3.8) is 0 Å². The Labute approximate surface area is 163 Å². The fraction of sp³-hybridized carbons (Fsp3) is 0.682. The predicted molar refractivity (Wildman–Crippen MR) is 110 cm³/mol. The molecule has 1 aromatic rings. The van der Waals surface area contributed by atoms with Crippen LogP contribution in [0.3, 0.4) is 0 Å². The zero-order valence-corrected chi connectivity index (χ0v) is 17.3. The number of nitrogens with zero attached hydrogens (tertiary/aromatic N) is 2. The number of benzene rings is 1. The van der Waals surface area contributed by atoms with Gasteiger partial charge in [0.05, 0.1) is 6.10 Å². The lowest BCUT2D eigenvalue weighted by Crippen LogP contribution is -2.63. The zero-order chi connectivity index (χ0) is 19.6. The van der Waals surface area contributed by atoms with E-state index < -0.39 is 5.54 Å². The molecule has 0 aromatic heterocycles. The largest absolute Gasteiger partial charge is 0.393 e. The van der Waals surface area contributed by atoms with E-state index in [0.29, 0.717) is 0 Å². The van der Waals surface area contributed by atoms with Crippen molar-refractivity contribution in [3.8, 4) is 0 Å². The molecule has 2 N–H and O–H groups in total. The van der Waals surface area contributed by atoms with E-state index >= 15 is 0 Å². The molecule has 5 nitrogen and oxygen atoms in total. The van der Waals surface area contributed by atoms with Crippen LogP contribution in [0.25, 0.3) is 0 Å². The number of nitrogens with one attached hydrogen (secondary N) is 1. The molecule has 2 fully saturated rings. The number of piperidine rings is 1. The van der Waals surface area contributed by atoms with Crippen molar-refractivity contribution in [1.82, 2.24) is 10.2 Å². The molecule has 5 heteroatoms. The van der Waals surface area contributed by atoms with Crippen LogP contribution in [0.5, 0.6) is 0 Å². The third kappa shape index (κ3) is 3.91. The number of likely N-dealkylation sites (N-methyl/N-ethyl adjacent to an activating group) is 1. The lowest BCUT2D eigenvalue weighted by atomic mass is 9.83. The maximum absolute atomic E-state index is 14.1. The van der Waals surface area contributed by atoms with Crippen molar-refractivity contribution in [3.05, 3.63) is 29.3 Å². The van der Waals surface area contributed by atoms with Crippen molar-refractivity contribution >= 4 is 11.6 Å². The fourth-order valence-electron chi connectivity index (χ4n) is 4.87. The molecule has 1 saturated heterocycles. The summed E-state index contributed by atoms with van der Waals surface area (Å²) in [5.41, 5.74) is 2.91. The van der Waals surface area contributed by atoms with Crippen molar-refractivity contribution in [1.29, 1.82) is 0 Å². The highest BCUT2D eigenvalue weighted by molar-refractivity contribution is 6.02. The molecular weight excluding hydrogens is 338 g/mol. The van der Waals surface area contributed by atoms with Gasteiger partial charge < -0.3 is 15.3 Å². The summed E-state index contributed by atoms with van der Waals surface area (Å²) in [4.78, 5) is 18.4. The molecule has 0 radical (unpaired) electrons. The number of aliphatic hydroxyl groups excluding tert-OH is 1. The molecule has 2 aliphatic rings. The number of carbonyl (C=O) groups excluding carboxylic acids is 1. The van der Waals surface area contributed by atoms with Gasteiger partial charge in [0.2, 0.25) is 5.91 Å². The fourth-order valence-corrected chi connectivity index (χ4v) is 4.87. The minimum atomic E-state index is -0.462. The topological polar surface area (TPSA) is 55.8 Å². The van der Waals surface area contributed by atoms with Gasteiger partial charge in [-0.05, 0) is 90.7 Å². The summed E-state index contributed by atoms with van der Waals surface area (Å²) in [6, 6.07) is 6.43. The normalized spacial score (nSPS) is 25.4. The quantitative estimate of drug-likeness (QED) is 0.852. The molecule has 1 saturated carbocycles. The van der Waals surface area contributed by atoms with Crippen LogP contribution in [0.4, 0.5) is 5.69 Å². The number of aliphatic hydroxyl groups is 1. The Morgan fingerprint density at radius 3 is 2.15 bits per heavy atom. The van der Waals surface area contributed by atoms with Gasteiger partial charge >= 0.3 is 0 Å². The van der Waals surface area contributed by atoms with Crippen LogP contribution in [-0.2, 0) is 4.79 Å². The monoisotopic (exact) mass is 373 g/mol. The Morgan fingerprint density at radius 2 is 1.63 bits per heavy atom. The van der Waals surface area contributed by atoms with Crippen LogP contribution in [0.1, 0.15) is 49.7 Å². The van der Waals surface area contributed by atoms with Crippen LogP contribution in [0.15, 0.2) is 18.2 Å². The van der Waals surface area contributed by atoms with Crippen LogP contribution in [-0.4, -0.2) is 60.8 Å². The summed E-state index contributed by atoms with van der Waals surface area (Å²) < 4.78 is 0. The molecule has 27 heavy (non-hydrogen) atoms. The molecule has 1 aromatic carbocycles. The summed E-state index contributed by atoms with van der Waals surface area (Å²) in [5.74, 6) is 0.229. The molecule has 1 aliphatic heterocycles. The van der Waals surface area contributed by atoms with Crippen LogP contribution < -0.4 is 10.2 Å². The average Bonchev–Trinajstić information content (AvgIpc) is 2.66. The van der Waals surface area contributed by atoms with Crippen molar-refractivity contribution < 1.29 is 9.90 Å². The molecule has 1 aliphatic carbocycles. The maximum atomic E-state index is 14.1. The number of rotatable bonds is 4. The van der Waals surface area contributed by atoms with Gasteiger partial charge in [-0.25, -0.2) is 0 Å². The van der Waals surface area contributed by atoms with Crippen LogP contribution in [0, 0.1) is 13.8 Å². The van der Waals surface area contributed by atoms with E-state index in [4.69, 9.17) is 0 Å². The molecule has 1 amide bonds. The van der Waals surface area contributed by atoms with E-state index in [0.717, 1.165) is 68.4 Å². The number of hydrogen-bond donors (Lipinski definition) is 2. The minimum absolute atomic E-state index is 0.160. The first-order valence-electron chi connectivity index (χ1n) is 10.3. The molecule has 0 unspecified atom stereocenters. The number of para-hydroxylation sites is 1. The van der Waals surface area contributed by atoms with Gasteiger partial charge in [0.25, 0.3) is 0 Å². The van der Waals surface area contributed by atoms with Crippen LogP contribution in [0.2, 0.25) is 0 Å². The zero-order valence-electron chi connectivity index (χ0n) is 17.3. The number of anilines is 1. The second-order valence-corrected chi connectivity index (χ2v) is 8.55. The number of aryl methyl sites for hydroxylation is 2. The van der Waals surface area contributed by atoms with Crippen LogP contribution >= 0.6 is 0 Å². The molecule has 0 atom stereocenters. The smallest absolute Gasteiger partial charge is 0.247 e. The van der Waals surface area contributed by atoms with Gasteiger partial charge in [0.15, 0.2) is 0 Å². The SMILES string of the molecule is Cc1cccc(C)c1N(C(=O)C1(N(C)C)CCNCC1)C1CCC(O)CC1. The second-order valence-electron chi connectivity index (χ2n) is 8.55. The average molecular weight is 374 g/mol. The van der Waals surface area contributed by atoms with E-state index in [9.17, 15) is 9.90 Å². The van der Waals surface area contributed by atoms with Gasteiger partial charge in [-0.3, -0.25) is 9.69 Å². The van der Waals surface area contributed by atoms with Crippen molar-refractivity contribution in [2.24, 2.45) is 0 Å². The number of hydrogen-bond acceptors (Lipinski definition) is 4. The van der Waals surface area contributed by atoms with Gasteiger partial charge in [-0.15, -0.1) is 0 Å². The van der Waals surface area contributed by atoms with E-state index in [1.807, 2.05) is 14.1 Å². The molecule has 1 heterocycles. The Bertz CT molecular complexity index is 639. The third-order valence-corrected chi connectivity index (χ3v) is 6.62. The lowest BCUT2D eigenvalue weighted by molar-refractivity contribution is -0.131. The number of carbonyl (C=O) groups is 1. The lowest BCUT2D eigenvalue weighted by Gasteiger charge is -2.47. The van der Waals surface area contributed by atoms with Gasteiger partial charge in [-0.2, -0.15) is 0 Å². The van der Waals surface area contributed by atoms with Gasteiger partial charge in [-0.1, -0.05) is 18.2 Å². The molecule has 150 valence electrons. The van der Waals surface area contributed by atoms with E-state index in [1.54, 1.807) is 0 Å². The standard InChI is InChI=1S/C22H35N3O2/c1-16-6-5-7-17(2)20(16)25(18-8-10-19(26)11-9-18)21(27)22(24(3)4)12-14-23-15-13-22/h5-7,18-19,23,26H,8-15H2,1-4H3. The highest BCUT2D eigenvalue weighted by Crippen LogP contribution is 2.37. The summed E-state index contributed by atoms with van der Waals surface area (Å²) >= 11 is 0. The minimum Gasteiger partial charge on any atom is -0.393 e. The first kappa shape index (κ1) is 20.3. The molecule has 0 bridgehead atoms. The summed E-state index contributed by atoms with van der Waals surface area (Å²) in [7, 11) is 4.08. The summed E-state index contributed by atoms with van der Waals surface area (Å²) in [6.07, 6.45) is 4.71. The second kappa shape index (κ2) is 8.29. The molecule has 3 rings (SSSR count). The third-order valence-electron chi connectivity index (χ3n) is 6.62. The van der Waals surface area contributed by atoms with Gasteiger partial charge in [0.1, 0.15) is 5.54 Å². The number of amides is 1. The summed E-state index contributed by atoms with van der Waals surface area (Å²) in [6.45, 7) is 5.94.